The number of fused-ring (bicyclic) bond motifs is 1. The molecule has 1 aromatic heterocycles. The first-order chi connectivity index (χ1) is 12.8. The van der Waals surface area contributed by atoms with Crippen molar-refractivity contribution in [1.82, 2.24) is 4.98 Å². The Balaban J connectivity index is 1.74. The third-order valence-corrected chi connectivity index (χ3v) is 4.67. The molecule has 0 spiro atoms. The van der Waals surface area contributed by atoms with Crippen LogP contribution in [-0.4, -0.2) is 4.98 Å². The predicted molar refractivity (Wildman–Crippen MR) is 109 cm³/mol. The van der Waals surface area contributed by atoms with Crippen molar-refractivity contribution in [3.8, 4) is 0 Å². The Bertz CT molecular complexity index is 953. The summed E-state index contributed by atoms with van der Waals surface area (Å²) in [6, 6.07) is 31.7. The van der Waals surface area contributed by atoms with Gasteiger partial charge >= 0.3 is 0 Å². The normalized spacial score (nSPS) is 10.8. The van der Waals surface area contributed by atoms with Gasteiger partial charge in [-0.15, -0.1) is 0 Å². The summed E-state index contributed by atoms with van der Waals surface area (Å²) in [5, 5.41) is 1.22. The molecular formula is C24H22N2. The number of hydrogen-bond acceptors (Lipinski definition) is 2. The van der Waals surface area contributed by atoms with Crippen LogP contribution in [0, 0.1) is 6.92 Å². The maximum absolute atomic E-state index is 4.95. The molecule has 2 nitrogen and oxygen atoms in total. The van der Waals surface area contributed by atoms with E-state index in [1.807, 2.05) is 0 Å². The van der Waals surface area contributed by atoms with E-state index in [9.17, 15) is 0 Å². The number of nitrogens with zero attached hydrogens (tertiary/aromatic N) is 2. The molecule has 4 rings (SSSR count). The van der Waals surface area contributed by atoms with Gasteiger partial charge in [0.2, 0.25) is 0 Å². The highest BCUT2D eigenvalue weighted by Gasteiger charge is 2.12. The molecule has 3 aromatic carbocycles. The van der Waals surface area contributed by atoms with Gasteiger partial charge in [0.15, 0.2) is 0 Å². The van der Waals surface area contributed by atoms with E-state index in [4.69, 9.17) is 4.98 Å². The molecule has 0 aliphatic heterocycles. The SMILES string of the molecule is Cc1cc(N(Cc2ccccc2)Cc2ccccc2)nc2ccccc12. The Morgan fingerprint density at radius 3 is 1.85 bits per heavy atom. The van der Waals surface area contributed by atoms with Gasteiger partial charge in [0.05, 0.1) is 5.52 Å². The van der Waals surface area contributed by atoms with Crippen LogP contribution in [0.1, 0.15) is 16.7 Å². The first-order valence-electron chi connectivity index (χ1n) is 8.99. The maximum Gasteiger partial charge on any atom is 0.130 e. The molecule has 26 heavy (non-hydrogen) atoms. The van der Waals surface area contributed by atoms with Gasteiger partial charge in [-0.1, -0.05) is 78.9 Å². The van der Waals surface area contributed by atoms with Gasteiger partial charge in [-0.3, -0.25) is 0 Å². The molecule has 0 bridgehead atoms. The molecule has 0 aliphatic rings. The average molecular weight is 338 g/mol. The Labute approximate surface area is 154 Å². The van der Waals surface area contributed by atoms with Crippen LogP contribution in [0.2, 0.25) is 0 Å². The van der Waals surface area contributed by atoms with Crippen LogP contribution in [0.25, 0.3) is 10.9 Å². The monoisotopic (exact) mass is 338 g/mol. The third-order valence-electron chi connectivity index (χ3n) is 4.67. The largest absolute Gasteiger partial charge is 0.348 e. The van der Waals surface area contributed by atoms with Gasteiger partial charge in [0.1, 0.15) is 5.82 Å². The second kappa shape index (κ2) is 7.40. The fourth-order valence-corrected chi connectivity index (χ4v) is 3.32. The lowest BCUT2D eigenvalue weighted by molar-refractivity contribution is 0.785. The number of aromatic nitrogens is 1. The standard InChI is InChI=1S/C24H22N2/c1-19-16-24(25-23-15-9-8-14-22(19)23)26(17-20-10-4-2-5-11-20)18-21-12-6-3-7-13-21/h2-16H,17-18H2,1H3. The Hall–Kier alpha value is -3.13. The van der Waals surface area contributed by atoms with E-state index < -0.39 is 0 Å². The van der Waals surface area contributed by atoms with E-state index >= 15 is 0 Å². The molecule has 1 heterocycles. The minimum atomic E-state index is 0.834. The van der Waals surface area contributed by atoms with E-state index in [0.717, 1.165) is 24.4 Å². The lowest BCUT2D eigenvalue weighted by atomic mass is 10.1. The number of hydrogen-bond donors (Lipinski definition) is 0. The highest BCUT2D eigenvalue weighted by atomic mass is 15.2. The highest BCUT2D eigenvalue weighted by molar-refractivity contribution is 5.83. The number of benzene rings is 3. The van der Waals surface area contributed by atoms with Crippen molar-refractivity contribution >= 4 is 16.7 Å². The molecule has 0 unspecified atom stereocenters. The molecule has 0 aliphatic carbocycles. The summed E-state index contributed by atoms with van der Waals surface area (Å²) in [5.41, 5.74) is 4.89. The molecule has 2 heteroatoms. The van der Waals surface area contributed by atoms with E-state index in [2.05, 4.69) is 103 Å². The minimum Gasteiger partial charge on any atom is -0.348 e. The van der Waals surface area contributed by atoms with Gasteiger partial charge in [-0.05, 0) is 35.7 Å². The molecule has 0 N–H and O–H groups in total. The Kier molecular flexibility index (Phi) is 4.65. The Morgan fingerprint density at radius 1 is 0.692 bits per heavy atom. The van der Waals surface area contributed by atoms with Crippen LogP contribution in [0.3, 0.4) is 0 Å². The molecule has 0 atom stereocenters. The van der Waals surface area contributed by atoms with Crippen molar-refractivity contribution in [2.75, 3.05) is 4.90 Å². The summed E-state index contributed by atoms with van der Waals surface area (Å²) in [5.74, 6) is 1.02. The van der Waals surface area contributed by atoms with Gasteiger partial charge in [0.25, 0.3) is 0 Å². The average Bonchev–Trinajstić information content (AvgIpc) is 2.69. The van der Waals surface area contributed by atoms with Crippen molar-refractivity contribution in [2.45, 2.75) is 20.0 Å². The van der Waals surface area contributed by atoms with E-state index in [1.165, 1.54) is 22.1 Å². The van der Waals surface area contributed by atoms with E-state index in [-0.39, 0.29) is 0 Å². The van der Waals surface area contributed by atoms with Crippen molar-refractivity contribution < 1.29 is 0 Å². The second-order valence-corrected chi connectivity index (χ2v) is 6.64. The number of rotatable bonds is 5. The first kappa shape index (κ1) is 16.3. The van der Waals surface area contributed by atoms with Gasteiger partial charge in [-0.2, -0.15) is 0 Å². The van der Waals surface area contributed by atoms with Crippen LogP contribution in [0.5, 0.6) is 0 Å². The second-order valence-electron chi connectivity index (χ2n) is 6.64. The molecular weight excluding hydrogens is 316 g/mol. The summed E-state index contributed by atoms with van der Waals surface area (Å²) in [4.78, 5) is 7.31. The van der Waals surface area contributed by atoms with Crippen molar-refractivity contribution in [2.24, 2.45) is 0 Å². The zero-order chi connectivity index (χ0) is 17.8. The maximum atomic E-state index is 4.95. The molecule has 4 aromatic rings. The molecule has 0 radical (unpaired) electrons. The van der Waals surface area contributed by atoms with Gasteiger partial charge in [-0.25, -0.2) is 4.98 Å². The molecule has 0 saturated carbocycles. The number of para-hydroxylation sites is 1. The summed E-state index contributed by atoms with van der Waals surface area (Å²) in [6.07, 6.45) is 0. The summed E-state index contributed by atoms with van der Waals surface area (Å²) in [6.45, 7) is 3.83. The third kappa shape index (κ3) is 3.60. The van der Waals surface area contributed by atoms with Crippen LogP contribution in [0.15, 0.2) is 91.0 Å². The zero-order valence-corrected chi connectivity index (χ0v) is 15.0. The van der Waals surface area contributed by atoms with E-state index in [1.54, 1.807) is 0 Å². The molecule has 0 amide bonds. The number of anilines is 1. The summed E-state index contributed by atoms with van der Waals surface area (Å²) < 4.78 is 0. The highest BCUT2D eigenvalue weighted by Crippen LogP contribution is 2.25. The molecule has 128 valence electrons. The summed E-state index contributed by atoms with van der Waals surface area (Å²) >= 11 is 0. The smallest absolute Gasteiger partial charge is 0.130 e. The predicted octanol–water partition coefficient (Wildman–Crippen LogP) is 5.75. The van der Waals surface area contributed by atoms with Crippen LogP contribution < -0.4 is 4.90 Å². The van der Waals surface area contributed by atoms with Crippen molar-refractivity contribution in [3.63, 3.8) is 0 Å². The quantitative estimate of drug-likeness (QED) is 0.460. The zero-order valence-electron chi connectivity index (χ0n) is 15.0. The van der Waals surface area contributed by atoms with Crippen LogP contribution in [0.4, 0.5) is 5.82 Å². The lowest BCUT2D eigenvalue weighted by Crippen LogP contribution is -2.23. The molecule has 0 fully saturated rings. The van der Waals surface area contributed by atoms with Crippen molar-refractivity contribution in [3.05, 3.63) is 108 Å². The fourth-order valence-electron chi connectivity index (χ4n) is 3.32. The summed E-state index contributed by atoms with van der Waals surface area (Å²) in [7, 11) is 0. The first-order valence-corrected chi connectivity index (χ1v) is 8.99. The number of aryl methyl sites for hydroxylation is 1. The van der Waals surface area contributed by atoms with Gasteiger partial charge in [0, 0.05) is 18.5 Å². The fraction of sp³-hybridized carbons (Fsp3) is 0.125. The molecule has 0 saturated heterocycles. The van der Waals surface area contributed by atoms with Gasteiger partial charge < -0.3 is 4.90 Å². The van der Waals surface area contributed by atoms with Crippen LogP contribution >= 0.6 is 0 Å². The lowest BCUT2D eigenvalue weighted by Gasteiger charge is -2.25. The number of pyridine rings is 1. The minimum absolute atomic E-state index is 0.834. The van der Waals surface area contributed by atoms with Crippen LogP contribution in [-0.2, 0) is 13.1 Å². The van der Waals surface area contributed by atoms with Crippen molar-refractivity contribution in [1.29, 1.82) is 0 Å². The topological polar surface area (TPSA) is 16.1 Å². The van der Waals surface area contributed by atoms with E-state index in [0.29, 0.717) is 0 Å². The Morgan fingerprint density at radius 2 is 1.23 bits per heavy atom.